The second kappa shape index (κ2) is 8.16. The molecular formula is C20H17ClF3N9O2. The summed E-state index contributed by atoms with van der Waals surface area (Å²) in [7, 11) is 1.16. The average molecular weight is 508 g/mol. The number of aromatic nitrogens is 7. The monoisotopic (exact) mass is 507 g/mol. The molecule has 0 bridgehead atoms. The quantitative estimate of drug-likeness (QED) is 0.451. The van der Waals surface area contributed by atoms with Gasteiger partial charge in [0.2, 0.25) is 0 Å². The van der Waals surface area contributed by atoms with E-state index in [0.29, 0.717) is 11.4 Å². The van der Waals surface area contributed by atoms with Gasteiger partial charge in [-0.2, -0.15) is 28.5 Å². The van der Waals surface area contributed by atoms with E-state index in [1.54, 1.807) is 13.0 Å². The molecule has 5 rings (SSSR count). The van der Waals surface area contributed by atoms with Crippen LogP contribution in [0.5, 0.6) is 0 Å². The molecule has 1 aliphatic heterocycles. The summed E-state index contributed by atoms with van der Waals surface area (Å²) in [5, 5.41) is 14.6. The number of ether oxygens (including phenoxy) is 1. The minimum Gasteiger partial charge on any atom is -0.383 e. The second-order valence-corrected chi connectivity index (χ2v) is 8.33. The number of hydrogen-bond acceptors (Lipinski definition) is 7. The molecular weight excluding hydrogens is 491 g/mol. The zero-order valence-electron chi connectivity index (χ0n) is 18.3. The number of carbonyl (C=O) groups is 1. The molecule has 0 spiro atoms. The highest BCUT2D eigenvalue weighted by atomic mass is 35.5. The summed E-state index contributed by atoms with van der Waals surface area (Å²) < 4.78 is 49.7. The predicted octanol–water partition coefficient (Wildman–Crippen LogP) is 3.17. The van der Waals surface area contributed by atoms with E-state index in [4.69, 9.17) is 16.3 Å². The molecule has 0 aliphatic carbocycles. The van der Waals surface area contributed by atoms with Crippen LogP contribution in [0.15, 0.2) is 36.9 Å². The summed E-state index contributed by atoms with van der Waals surface area (Å²) in [6, 6.07) is 2.14. The number of aryl methyl sites for hydroxylation is 1. The van der Waals surface area contributed by atoms with Gasteiger partial charge in [0.25, 0.3) is 0 Å². The summed E-state index contributed by atoms with van der Waals surface area (Å²) in [5.74, 6) is 0.442. The van der Waals surface area contributed by atoms with E-state index in [-0.39, 0.29) is 27.9 Å². The van der Waals surface area contributed by atoms with E-state index in [1.807, 2.05) is 0 Å². The Morgan fingerprint density at radius 3 is 2.63 bits per heavy atom. The molecule has 5 heterocycles. The molecule has 0 aromatic carbocycles. The molecule has 0 unspecified atom stereocenters. The number of halogens is 4. The van der Waals surface area contributed by atoms with Crippen LogP contribution >= 0.6 is 11.6 Å². The standard InChI is InChI=1S/C20H17ClF3N9O2/c1-11-5-12(7-26-17(11)33-27-3-4-28-33)29-18(34)31-9-19(10-35-2,20(22,23)24)16-13(31)8-25-15-6-14(21)30-32(15)16/h3-8H,9-10H2,1-2H3,(H,29,34)/t19-/m1/s1. The minimum absolute atomic E-state index is 0.0318. The van der Waals surface area contributed by atoms with Crippen LogP contribution in [0.25, 0.3) is 11.5 Å². The maximum atomic E-state index is 14.6. The van der Waals surface area contributed by atoms with Crippen LogP contribution in [0.2, 0.25) is 5.15 Å². The largest absolute Gasteiger partial charge is 0.404 e. The molecule has 0 radical (unpaired) electrons. The van der Waals surface area contributed by atoms with Gasteiger partial charge in [-0.3, -0.25) is 4.90 Å². The highest BCUT2D eigenvalue weighted by Gasteiger charge is 2.64. The number of nitrogens with zero attached hydrogens (tertiary/aromatic N) is 8. The summed E-state index contributed by atoms with van der Waals surface area (Å²) in [6.45, 7) is 0.253. The van der Waals surface area contributed by atoms with E-state index in [1.165, 1.54) is 35.7 Å². The Labute approximate surface area is 200 Å². The van der Waals surface area contributed by atoms with E-state index in [2.05, 4.69) is 30.6 Å². The van der Waals surface area contributed by atoms with E-state index >= 15 is 0 Å². The molecule has 182 valence electrons. The number of anilines is 2. The minimum atomic E-state index is -4.78. The van der Waals surface area contributed by atoms with Gasteiger partial charge >= 0.3 is 12.2 Å². The maximum absolute atomic E-state index is 14.6. The van der Waals surface area contributed by atoms with Gasteiger partial charge in [0.1, 0.15) is 0 Å². The zero-order valence-corrected chi connectivity index (χ0v) is 19.0. The van der Waals surface area contributed by atoms with Crippen LogP contribution in [0.3, 0.4) is 0 Å². The van der Waals surface area contributed by atoms with Crippen LogP contribution in [0.4, 0.5) is 29.3 Å². The number of pyridine rings is 1. The van der Waals surface area contributed by atoms with Gasteiger partial charge in [-0.25, -0.2) is 19.3 Å². The number of methoxy groups -OCH3 is 1. The summed E-state index contributed by atoms with van der Waals surface area (Å²) >= 11 is 5.95. The van der Waals surface area contributed by atoms with Gasteiger partial charge in [0, 0.05) is 13.2 Å². The molecule has 15 heteroatoms. The summed E-state index contributed by atoms with van der Waals surface area (Å²) in [6.07, 6.45) is 0.761. The molecule has 1 N–H and O–H groups in total. The van der Waals surface area contributed by atoms with Crippen molar-refractivity contribution in [3.63, 3.8) is 0 Å². The third-order valence-corrected chi connectivity index (χ3v) is 5.88. The third-order valence-electron chi connectivity index (χ3n) is 5.70. The number of fused-ring (bicyclic) bond motifs is 3. The van der Waals surface area contributed by atoms with Gasteiger partial charge in [-0.05, 0) is 18.6 Å². The molecule has 11 nitrogen and oxygen atoms in total. The SMILES string of the molecule is COC[C@]1(C(F)(F)F)CN(C(=O)Nc2cnc(-n3nccn3)c(C)c2)c2cnc3cc(Cl)nn3c21. The number of carbonyl (C=O) groups excluding carboxylic acids is 1. The maximum Gasteiger partial charge on any atom is 0.404 e. The van der Waals surface area contributed by atoms with Gasteiger partial charge in [-0.1, -0.05) is 11.6 Å². The Morgan fingerprint density at radius 1 is 1.23 bits per heavy atom. The number of amides is 2. The highest BCUT2D eigenvalue weighted by molar-refractivity contribution is 6.29. The van der Waals surface area contributed by atoms with Crippen molar-refractivity contribution in [1.29, 1.82) is 0 Å². The topological polar surface area (TPSA) is 115 Å². The normalized spacial score (nSPS) is 17.7. The molecule has 35 heavy (non-hydrogen) atoms. The van der Waals surface area contributed by atoms with Crippen LogP contribution in [-0.4, -0.2) is 67.0 Å². The van der Waals surface area contributed by atoms with Gasteiger partial charge in [0.05, 0.1) is 55.0 Å². The lowest BCUT2D eigenvalue weighted by Crippen LogP contribution is -2.51. The molecule has 4 aromatic rings. The molecule has 1 aliphatic rings. The lowest BCUT2D eigenvalue weighted by molar-refractivity contribution is -0.199. The first-order valence-corrected chi connectivity index (χ1v) is 10.5. The number of urea groups is 1. The fourth-order valence-electron chi connectivity index (χ4n) is 4.18. The number of nitrogens with one attached hydrogen (secondary N) is 1. The van der Waals surface area contributed by atoms with Crippen LogP contribution in [0.1, 0.15) is 11.3 Å². The van der Waals surface area contributed by atoms with E-state index in [9.17, 15) is 18.0 Å². The number of hydrogen-bond donors (Lipinski definition) is 1. The van der Waals surface area contributed by atoms with Crippen molar-refractivity contribution in [2.75, 3.05) is 30.5 Å². The highest BCUT2D eigenvalue weighted by Crippen LogP contribution is 2.50. The van der Waals surface area contributed by atoms with Crippen LogP contribution < -0.4 is 10.2 Å². The predicted molar refractivity (Wildman–Crippen MR) is 118 cm³/mol. The van der Waals surface area contributed by atoms with E-state index < -0.39 is 30.8 Å². The van der Waals surface area contributed by atoms with Crippen molar-refractivity contribution in [3.8, 4) is 5.82 Å². The van der Waals surface area contributed by atoms with Crippen molar-refractivity contribution in [2.24, 2.45) is 0 Å². The molecule has 2 amide bonds. The first-order valence-electron chi connectivity index (χ1n) is 10.2. The Balaban J connectivity index is 1.54. The van der Waals surface area contributed by atoms with Crippen molar-refractivity contribution in [2.45, 2.75) is 18.5 Å². The number of rotatable bonds is 4. The van der Waals surface area contributed by atoms with Crippen LogP contribution in [-0.2, 0) is 10.2 Å². The van der Waals surface area contributed by atoms with Crippen molar-refractivity contribution in [1.82, 2.24) is 34.6 Å². The first-order chi connectivity index (χ1) is 16.6. The van der Waals surface area contributed by atoms with Gasteiger partial charge in [-0.15, -0.1) is 4.80 Å². The average Bonchev–Trinajstić information content (AvgIpc) is 3.50. The molecule has 4 aromatic heterocycles. The molecule has 0 fully saturated rings. The Morgan fingerprint density at radius 2 is 1.97 bits per heavy atom. The number of alkyl halides is 3. The summed E-state index contributed by atoms with van der Waals surface area (Å²) in [4.78, 5) is 23.9. The van der Waals surface area contributed by atoms with Crippen molar-refractivity contribution >= 4 is 34.7 Å². The second-order valence-electron chi connectivity index (χ2n) is 7.94. The Bertz CT molecular complexity index is 1420. The molecule has 1 atom stereocenters. The van der Waals surface area contributed by atoms with Gasteiger partial charge < -0.3 is 10.1 Å². The van der Waals surface area contributed by atoms with E-state index in [0.717, 1.165) is 16.5 Å². The Kier molecular flexibility index (Phi) is 5.36. The first kappa shape index (κ1) is 23.0. The lowest BCUT2D eigenvalue weighted by Gasteiger charge is -2.31. The zero-order chi connectivity index (χ0) is 25.0. The summed E-state index contributed by atoms with van der Waals surface area (Å²) in [5.41, 5.74) is -1.88. The third kappa shape index (κ3) is 3.65. The van der Waals surface area contributed by atoms with Crippen molar-refractivity contribution in [3.05, 3.63) is 53.3 Å². The van der Waals surface area contributed by atoms with Crippen molar-refractivity contribution < 1.29 is 22.7 Å². The molecule has 0 saturated carbocycles. The lowest BCUT2D eigenvalue weighted by atomic mass is 9.86. The smallest absolute Gasteiger partial charge is 0.383 e. The fraction of sp³-hybridized carbons (Fsp3) is 0.300. The van der Waals surface area contributed by atoms with Gasteiger partial charge in [0.15, 0.2) is 22.0 Å². The fourth-order valence-corrected chi connectivity index (χ4v) is 4.35. The molecule has 0 saturated heterocycles. The van der Waals surface area contributed by atoms with Crippen LogP contribution in [0, 0.1) is 6.92 Å². The Hall–Kier alpha value is -3.78.